The van der Waals surface area contributed by atoms with Gasteiger partial charge in [0.25, 0.3) is 0 Å². The molecule has 0 fully saturated rings. The highest BCUT2D eigenvalue weighted by Crippen LogP contribution is 2.19. The standard InChI is InChI=1S/C15H28N6/c1-10(2)11(3)18-15(16-5)17-8-13-6-7-14-20-19-12(4)21(14)9-13/h10-11,13H,6-9H2,1-5H3,(H2,16,17,18). The van der Waals surface area contributed by atoms with Crippen molar-refractivity contribution in [3.8, 4) is 0 Å². The fourth-order valence-corrected chi connectivity index (χ4v) is 2.51. The first-order chi connectivity index (χ1) is 10.0. The third-order valence-corrected chi connectivity index (χ3v) is 4.38. The second kappa shape index (κ2) is 6.91. The van der Waals surface area contributed by atoms with Crippen molar-refractivity contribution < 1.29 is 0 Å². The maximum absolute atomic E-state index is 4.31. The lowest BCUT2D eigenvalue weighted by Crippen LogP contribution is -2.46. The number of aromatic nitrogens is 3. The first kappa shape index (κ1) is 15.8. The zero-order valence-electron chi connectivity index (χ0n) is 13.8. The quantitative estimate of drug-likeness (QED) is 0.649. The van der Waals surface area contributed by atoms with Crippen LogP contribution in [0.5, 0.6) is 0 Å². The average molecular weight is 292 g/mol. The van der Waals surface area contributed by atoms with E-state index >= 15 is 0 Å². The molecule has 118 valence electrons. The Kier molecular flexibility index (Phi) is 5.20. The molecule has 0 spiro atoms. The van der Waals surface area contributed by atoms with Gasteiger partial charge in [-0.2, -0.15) is 0 Å². The number of aryl methyl sites for hydroxylation is 2. The molecule has 2 N–H and O–H groups in total. The molecule has 21 heavy (non-hydrogen) atoms. The van der Waals surface area contributed by atoms with E-state index in [9.17, 15) is 0 Å². The van der Waals surface area contributed by atoms with Crippen molar-refractivity contribution in [1.82, 2.24) is 25.4 Å². The molecule has 2 atom stereocenters. The van der Waals surface area contributed by atoms with Crippen molar-refractivity contribution in [1.29, 1.82) is 0 Å². The van der Waals surface area contributed by atoms with Crippen molar-refractivity contribution in [2.24, 2.45) is 16.8 Å². The van der Waals surface area contributed by atoms with E-state index in [1.807, 2.05) is 14.0 Å². The second-order valence-electron chi connectivity index (χ2n) is 6.31. The number of nitrogens with zero attached hydrogens (tertiary/aromatic N) is 4. The monoisotopic (exact) mass is 292 g/mol. The molecule has 0 saturated heterocycles. The summed E-state index contributed by atoms with van der Waals surface area (Å²) < 4.78 is 2.24. The van der Waals surface area contributed by atoms with Crippen LogP contribution in [-0.2, 0) is 13.0 Å². The van der Waals surface area contributed by atoms with Gasteiger partial charge in [0.1, 0.15) is 11.6 Å². The minimum absolute atomic E-state index is 0.411. The lowest BCUT2D eigenvalue weighted by atomic mass is 9.99. The van der Waals surface area contributed by atoms with Gasteiger partial charge in [0.05, 0.1) is 0 Å². The van der Waals surface area contributed by atoms with Crippen molar-refractivity contribution in [2.45, 2.75) is 53.1 Å². The second-order valence-corrected chi connectivity index (χ2v) is 6.31. The number of rotatable bonds is 4. The van der Waals surface area contributed by atoms with Gasteiger partial charge >= 0.3 is 0 Å². The molecule has 1 aromatic rings. The van der Waals surface area contributed by atoms with E-state index < -0.39 is 0 Å². The molecule has 0 radical (unpaired) electrons. The molecule has 1 aromatic heterocycles. The molecule has 0 amide bonds. The predicted molar refractivity (Wildman–Crippen MR) is 85.4 cm³/mol. The molecule has 6 nitrogen and oxygen atoms in total. The summed E-state index contributed by atoms with van der Waals surface area (Å²) in [6, 6.07) is 0.411. The molecule has 2 heterocycles. The molecule has 6 heteroatoms. The van der Waals surface area contributed by atoms with Crippen LogP contribution in [0.2, 0.25) is 0 Å². The summed E-state index contributed by atoms with van der Waals surface area (Å²) in [5, 5.41) is 15.3. The van der Waals surface area contributed by atoms with E-state index in [1.54, 1.807) is 0 Å². The van der Waals surface area contributed by atoms with Crippen LogP contribution in [0.15, 0.2) is 4.99 Å². The fraction of sp³-hybridized carbons (Fsp3) is 0.800. The smallest absolute Gasteiger partial charge is 0.191 e. The zero-order chi connectivity index (χ0) is 15.4. The third-order valence-electron chi connectivity index (χ3n) is 4.38. The molecule has 1 aliphatic rings. The molecular formula is C15H28N6. The third kappa shape index (κ3) is 3.95. The molecule has 0 saturated carbocycles. The van der Waals surface area contributed by atoms with Gasteiger partial charge in [-0.3, -0.25) is 4.99 Å². The number of nitrogens with one attached hydrogen (secondary N) is 2. The Morgan fingerprint density at radius 2 is 2.14 bits per heavy atom. The van der Waals surface area contributed by atoms with Crippen molar-refractivity contribution in [3.63, 3.8) is 0 Å². The summed E-state index contributed by atoms with van der Waals surface area (Å²) in [6.45, 7) is 10.6. The summed E-state index contributed by atoms with van der Waals surface area (Å²) >= 11 is 0. The Morgan fingerprint density at radius 1 is 1.38 bits per heavy atom. The van der Waals surface area contributed by atoms with Gasteiger partial charge in [0.2, 0.25) is 0 Å². The number of guanidine groups is 1. The maximum Gasteiger partial charge on any atom is 0.191 e. The van der Waals surface area contributed by atoms with Gasteiger partial charge in [-0.15, -0.1) is 10.2 Å². The van der Waals surface area contributed by atoms with Crippen LogP contribution in [-0.4, -0.2) is 40.4 Å². The Morgan fingerprint density at radius 3 is 2.81 bits per heavy atom. The number of aliphatic imine (C=N–C) groups is 1. The Balaban J connectivity index is 1.84. The molecule has 2 unspecified atom stereocenters. The van der Waals surface area contributed by atoms with Gasteiger partial charge in [0.15, 0.2) is 5.96 Å². The highest BCUT2D eigenvalue weighted by atomic mass is 15.3. The van der Waals surface area contributed by atoms with Gasteiger partial charge in [-0.05, 0) is 32.1 Å². The van der Waals surface area contributed by atoms with Crippen LogP contribution in [0.3, 0.4) is 0 Å². The van der Waals surface area contributed by atoms with Gasteiger partial charge in [-0.25, -0.2) is 0 Å². The molecule has 2 rings (SSSR count). The largest absolute Gasteiger partial charge is 0.356 e. The molecule has 0 aromatic carbocycles. The Bertz CT molecular complexity index is 490. The van der Waals surface area contributed by atoms with Crippen LogP contribution in [0.25, 0.3) is 0 Å². The first-order valence-corrected chi connectivity index (χ1v) is 7.87. The minimum Gasteiger partial charge on any atom is -0.356 e. The fourth-order valence-electron chi connectivity index (χ4n) is 2.51. The van der Waals surface area contributed by atoms with Crippen molar-refractivity contribution in [3.05, 3.63) is 11.6 Å². The van der Waals surface area contributed by atoms with Crippen LogP contribution in [0.4, 0.5) is 0 Å². The Hall–Kier alpha value is -1.59. The van der Waals surface area contributed by atoms with E-state index in [0.717, 1.165) is 43.5 Å². The number of hydrogen-bond acceptors (Lipinski definition) is 3. The summed E-state index contributed by atoms with van der Waals surface area (Å²) in [4.78, 5) is 4.31. The summed E-state index contributed by atoms with van der Waals surface area (Å²) in [5.74, 6) is 4.22. The summed E-state index contributed by atoms with van der Waals surface area (Å²) in [6.07, 6.45) is 2.17. The van der Waals surface area contributed by atoms with Crippen molar-refractivity contribution >= 4 is 5.96 Å². The first-order valence-electron chi connectivity index (χ1n) is 7.87. The highest BCUT2D eigenvalue weighted by molar-refractivity contribution is 5.79. The van der Waals surface area contributed by atoms with Crippen LogP contribution in [0, 0.1) is 18.8 Å². The maximum atomic E-state index is 4.31. The van der Waals surface area contributed by atoms with Crippen molar-refractivity contribution in [2.75, 3.05) is 13.6 Å². The topological polar surface area (TPSA) is 67.1 Å². The Labute approximate surface area is 127 Å². The number of hydrogen-bond donors (Lipinski definition) is 2. The average Bonchev–Trinajstić information content (AvgIpc) is 2.84. The van der Waals surface area contributed by atoms with Gasteiger partial charge < -0.3 is 15.2 Å². The lowest BCUT2D eigenvalue weighted by molar-refractivity contribution is 0.357. The summed E-state index contributed by atoms with van der Waals surface area (Å²) in [7, 11) is 1.82. The van der Waals surface area contributed by atoms with E-state index in [-0.39, 0.29) is 0 Å². The van der Waals surface area contributed by atoms with Gasteiger partial charge in [-0.1, -0.05) is 13.8 Å². The van der Waals surface area contributed by atoms with E-state index in [1.165, 1.54) is 0 Å². The van der Waals surface area contributed by atoms with E-state index in [2.05, 4.69) is 51.2 Å². The van der Waals surface area contributed by atoms with Gasteiger partial charge in [0, 0.05) is 32.6 Å². The zero-order valence-corrected chi connectivity index (χ0v) is 13.8. The lowest BCUT2D eigenvalue weighted by Gasteiger charge is -2.26. The van der Waals surface area contributed by atoms with E-state index in [0.29, 0.717) is 17.9 Å². The molecule has 0 aliphatic carbocycles. The summed E-state index contributed by atoms with van der Waals surface area (Å²) in [5.41, 5.74) is 0. The molecular weight excluding hydrogens is 264 g/mol. The minimum atomic E-state index is 0.411. The van der Waals surface area contributed by atoms with E-state index in [4.69, 9.17) is 0 Å². The SMILES string of the molecule is CN=C(NCC1CCc2nnc(C)n2C1)NC(C)C(C)C. The molecule has 0 bridgehead atoms. The highest BCUT2D eigenvalue weighted by Gasteiger charge is 2.21. The van der Waals surface area contributed by atoms with Crippen LogP contribution in [0.1, 0.15) is 38.8 Å². The number of fused-ring (bicyclic) bond motifs is 1. The van der Waals surface area contributed by atoms with Crippen LogP contribution >= 0.6 is 0 Å². The molecule has 1 aliphatic heterocycles. The predicted octanol–water partition coefficient (Wildman–Crippen LogP) is 1.36. The van der Waals surface area contributed by atoms with Crippen LogP contribution < -0.4 is 10.6 Å². The normalized spacial score (nSPS) is 20.3.